The highest BCUT2D eigenvalue weighted by Crippen LogP contribution is 2.30. The Labute approximate surface area is 203 Å². The number of rotatable bonds is 9. The van der Waals surface area contributed by atoms with Gasteiger partial charge in [-0.05, 0) is 30.3 Å². The van der Waals surface area contributed by atoms with Crippen molar-refractivity contribution in [2.75, 3.05) is 33.1 Å². The molecule has 34 heavy (non-hydrogen) atoms. The average Bonchev–Trinajstić information content (AvgIpc) is 2.84. The fourth-order valence-electron chi connectivity index (χ4n) is 3.19. The molecular formula is C24H23ClN2O6S. The zero-order chi connectivity index (χ0) is 24.9. The van der Waals surface area contributed by atoms with Crippen LogP contribution in [0.4, 0.5) is 5.69 Å². The van der Waals surface area contributed by atoms with Crippen molar-refractivity contribution in [3.63, 3.8) is 0 Å². The molecule has 1 amide bonds. The maximum Gasteiger partial charge on any atom is 0.247 e. The molecule has 0 aliphatic rings. The fourth-order valence-corrected chi connectivity index (χ4v) is 4.65. The molecule has 0 saturated heterocycles. The van der Waals surface area contributed by atoms with Crippen LogP contribution in [-0.4, -0.2) is 52.2 Å². The standard InChI is InChI=1S/C24H23ClN2O6S/c1-27(34(30,31)22-14-18(32-2)10-12-21(22)33-3)15-23(28)26-20-11-9-17(25)13-19(20)24(29)16-7-5-4-6-8-16/h4-14H,15H2,1-3H3,(H,26,28). The number of ether oxygens (including phenoxy) is 2. The second-order valence-electron chi connectivity index (χ2n) is 7.21. The van der Waals surface area contributed by atoms with Crippen molar-refractivity contribution in [2.24, 2.45) is 0 Å². The van der Waals surface area contributed by atoms with E-state index < -0.39 is 22.5 Å². The number of benzene rings is 3. The van der Waals surface area contributed by atoms with E-state index in [0.29, 0.717) is 16.3 Å². The van der Waals surface area contributed by atoms with E-state index in [2.05, 4.69) is 5.32 Å². The van der Waals surface area contributed by atoms with E-state index in [-0.39, 0.29) is 27.7 Å². The molecule has 10 heteroatoms. The van der Waals surface area contributed by atoms with Gasteiger partial charge in [-0.1, -0.05) is 41.9 Å². The lowest BCUT2D eigenvalue weighted by Gasteiger charge is -2.19. The molecule has 0 unspecified atom stereocenters. The monoisotopic (exact) mass is 502 g/mol. The van der Waals surface area contributed by atoms with Crippen LogP contribution in [0, 0.1) is 0 Å². The van der Waals surface area contributed by atoms with Crippen molar-refractivity contribution in [1.29, 1.82) is 0 Å². The van der Waals surface area contributed by atoms with Gasteiger partial charge in [-0.3, -0.25) is 9.59 Å². The number of hydrogen-bond acceptors (Lipinski definition) is 6. The zero-order valence-electron chi connectivity index (χ0n) is 18.7. The van der Waals surface area contributed by atoms with Gasteiger partial charge in [0.05, 0.1) is 26.5 Å². The van der Waals surface area contributed by atoms with Gasteiger partial charge in [0.15, 0.2) is 5.78 Å². The Morgan fingerprint density at radius 1 is 0.971 bits per heavy atom. The van der Waals surface area contributed by atoms with Gasteiger partial charge in [-0.15, -0.1) is 0 Å². The Kier molecular flexibility index (Phi) is 7.93. The molecule has 178 valence electrons. The number of hydrogen-bond donors (Lipinski definition) is 1. The lowest BCUT2D eigenvalue weighted by atomic mass is 10.0. The first-order chi connectivity index (χ1) is 16.2. The second-order valence-corrected chi connectivity index (χ2v) is 9.66. The number of likely N-dealkylation sites (N-methyl/N-ethyl adjacent to an activating group) is 1. The van der Waals surface area contributed by atoms with E-state index in [1.807, 2.05) is 0 Å². The molecule has 8 nitrogen and oxygen atoms in total. The Hall–Kier alpha value is -3.40. The Morgan fingerprint density at radius 3 is 2.32 bits per heavy atom. The first kappa shape index (κ1) is 25.2. The molecule has 0 spiro atoms. The van der Waals surface area contributed by atoms with Gasteiger partial charge in [0.1, 0.15) is 16.4 Å². The van der Waals surface area contributed by atoms with Crippen molar-refractivity contribution in [3.8, 4) is 11.5 Å². The van der Waals surface area contributed by atoms with Gasteiger partial charge in [0.25, 0.3) is 0 Å². The summed E-state index contributed by atoms with van der Waals surface area (Å²) in [7, 11) is -0.0697. The molecule has 0 atom stereocenters. The van der Waals surface area contributed by atoms with Crippen molar-refractivity contribution in [1.82, 2.24) is 4.31 Å². The van der Waals surface area contributed by atoms with Gasteiger partial charge in [0.2, 0.25) is 15.9 Å². The lowest BCUT2D eigenvalue weighted by Crippen LogP contribution is -2.35. The minimum Gasteiger partial charge on any atom is -0.497 e. The molecule has 3 aromatic rings. The van der Waals surface area contributed by atoms with Crippen LogP contribution in [0.15, 0.2) is 71.6 Å². The van der Waals surface area contributed by atoms with Crippen molar-refractivity contribution in [2.45, 2.75) is 4.90 Å². The predicted molar refractivity (Wildman–Crippen MR) is 129 cm³/mol. The topological polar surface area (TPSA) is 102 Å². The summed E-state index contributed by atoms with van der Waals surface area (Å²) in [6.07, 6.45) is 0. The molecule has 0 fully saturated rings. The number of nitrogens with one attached hydrogen (secondary N) is 1. The Bertz CT molecular complexity index is 1310. The van der Waals surface area contributed by atoms with Crippen LogP contribution in [0.3, 0.4) is 0 Å². The van der Waals surface area contributed by atoms with Gasteiger partial charge in [0, 0.05) is 29.3 Å². The van der Waals surface area contributed by atoms with Gasteiger partial charge in [-0.2, -0.15) is 4.31 Å². The smallest absolute Gasteiger partial charge is 0.247 e. The number of amides is 1. The highest BCUT2D eigenvalue weighted by molar-refractivity contribution is 7.89. The predicted octanol–water partition coefficient (Wildman–Crippen LogP) is 3.85. The minimum absolute atomic E-state index is 0.113. The van der Waals surface area contributed by atoms with E-state index in [1.165, 1.54) is 51.6 Å². The zero-order valence-corrected chi connectivity index (χ0v) is 20.3. The summed E-state index contributed by atoms with van der Waals surface area (Å²) in [5, 5.41) is 2.93. The highest BCUT2D eigenvalue weighted by atomic mass is 35.5. The third-order valence-electron chi connectivity index (χ3n) is 4.96. The second kappa shape index (κ2) is 10.7. The summed E-state index contributed by atoms with van der Waals surface area (Å²) in [5.41, 5.74) is 0.824. The van der Waals surface area contributed by atoms with Gasteiger partial charge >= 0.3 is 0 Å². The summed E-state index contributed by atoms with van der Waals surface area (Å²) >= 11 is 6.08. The Balaban J connectivity index is 1.83. The maximum atomic E-state index is 13.1. The molecule has 0 saturated carbocycles. The van der Waals surface area contributed by atoms with Crippen molar-refractivity contribution < 1.29 is 27.5 Å². The number of ketones is 1. The summed E-state index contributed by atoms with van der Waals surface area (Å²) in [6.45, 7) is -0.510. The van der Waals surface area contributed by atoms with Crippen molar-refractivity contribution >= 4 is 39.0 Å². The molecule has 0 aliphatic carbocycles. The number of methoxy groups -OCH3 is 2. The van der Waals surface area contributed by atoms with E-state index in [1.54, 1.807) is 36.4 Å². The van der Waals surface area contributed by atoms with Gasteiger partial charge in [-0.25, -0.2) is 8.42 Å². The molecule has 0 heterocycles. The highest BCUT2D eigenvalue weighted by Gasteiger charge is 2.27. The summed E-state index contributed by atoms with van der Waals surface area (Å²) < 4.78 is 37.4. The number of halogens is 1. The van der Waals surface area contributed by atoms with E-state index in [4.69, 9.17) is 21.1 Å². The van der Waals surface area contributed by atoms with Crippen LogP contribution in [-0.2, 0) is 14.8 Å². The lowest BCUT2D eigenvalue weighted by molar-refractivity contribution is -0.116. The van der Waals surface area contributed by atoms with Crippen LogP contribution in [0.1, 0.15) is 15.9 Å². The maximum absolute atomic E-state index is 13.1. The minimum atomic E-state index is -4.10. The summed E-state index contributed by atoms with van der Waals surface area (Å²) in [5.74, 6) is -0.540. The van der Waals surface area contributed by atoms with Gasteiger partial charge < -0.3 is 14.8 Å². The Morgan fingerprint density at radius 2 is 1.68 bits per heavy atom. The third kappa shape index (κ3) is 5.56. The number of nitrogens with zero attached hydrogens (tertiary/aromatic N) is 1. The average molecular weight is 503 g/mol. The molecule has 0 radical (unpaired) electrons. The SMILES string of the molecule is COc1ccc(OC)c(S(=O)(=O)N(C)CC(=O)Nc2ccc(Cl)cc2C(=O)c2ccccc2)c1. The van der Waals surface area contributed by atoms with Crippen LogP contribution >= 0.6 is 11.6 Å². The molecule has 3 aromatic carbocycles. The quantitative estimate of drug-likeness (QED) is 0.446. The molecule has 0 aromatic heterocycles. The third-order valence-corrected chi connectivity index (χ3v) is 7.02. The molecule has 3 rings (SSSR count). The molecule has 0 aliphatic heterocycles. The number of anilines is 1. The first-order valence-electron chi connectivity index (χ1n) is 10.0. The largest absolute Gasteiger partial charge is 0.497 e. The van der Waals surface area contributed by atoms with E-state index in [9.17, 15) is 18.0 Å². The van der Waals surface area contributed by atoms with Crippen LogP contribution in [0.5, 0.6) is 11.5 Å². The molecule has 1 N–H and O–H groups in total. The molecular weight excluding hydrogens is 480 g/mol. The summed E-state index contributed by atoms with van der Waals surface area (Å²) in [4.78, 5) is 25.6. The first-order valence-corrected chi connectivity index (χ1v) is 11.9. The molecule has 0 bridgehead atoms. The normalized spacial score (nSPS) is 11.2. The van der Waals surface area contributed by atoms with Crippen LogP contribution in [0.25, 0.3) is 0 Å². The number of sulfonamides is 1. The fraction of sp³-hybridized carbons (Fsp3) is 0.167. The van der Waals surface area contributed by atoms with Crippen LogP contribution in [0.2, 0.25) is 5.02 Å². The van der Waals surface area contributed by atoms with Crippen molar-refractivity contribution in [3.05, 3.63) is 82.9 Å². The number of carbonyl (C=O) groups is 2. The van der Waals surface area contributed by atoms with E-state index >= 15 is 0 Å². The van der Waals surface area contributed by atoms with E-state index in [0.717, 1.165) is 4.31 Å². The number of carbonyl (C=O) groups excluding carboxylic acids is 2. The van der Waals surface area contributed by atoms with Crippen LogP contribution < -0.4 is 14.8 Å². The summed E-state index contributed by atoms with van der Waals surface area (Å²) in [6, 6.07) is 17.4.